The molecule has 0 atom stereocenters. The molecule has 0 unspecified atom stereocenters. The van der Waals surface area contributed by atoms with Gasteiger partial charge in [-0.2, -0.15) is 5.10 Å². The first-order valence-electron chi connectivity index (χ1n) is 12.6. The zero-order valence-corrected chi connectivity index (χ0v) is 20.9. The van der Waals surface area contributed by atoms with E-state index in [9.17, 15) is 4.79 Å². The summed E-state index contributed by atoms with van der Waals surface area (Å²) in [6.45, 7) is 6.27. The molecule has 4 aromatic rings. The van der Waals surface area contributed by atoms with Gasteiger partial charge in [-0.15, -0.1) is 0 Å². The summed E-state index contributed by atoms with van der Waals surface area (Å²) >= 11 is 0. The Morgan fingerprint density at radius 2 is 1.72 bits per heavy atom. The van der Waals surface area contributed by atoms with Crippen LogP contribution in [-0.2, 0) is 13.1 Å². The molecule has 0 saturated carbocycles. The van der Waals surface area contributed by atoms with Crippen LogP contribution in [0.3, 0.4) is 0 Å². The van der Waals surface area contributed by atoms with Gasteiger partial charge in [-0.1, -0.05) is 48.5 Å². The van der Waals surface area contributed by atoms with Crippen LogP contribution in [-0.4, -0.2) is 71.8 Å². The maximum atomic E-state index is 13.0. The summed E-state index contributed by atoms with van der Waals surface area (Å²) in [4.78, 5) is 17.3. The third kappa shape index (κ3) is 5.49. The predicted octanol–water partition coefficient (Wildman–Crippen LogP) is 3.19. The highest BCUT2D eigenvalue weighted by atomic mass is 16.2. The first-order valence-corrected chi connectivity index (χ1v) is 12.6. The van der Waals surface area contributed by atoms with Crippen LogP contribution < -0.4 is 11.1 Å². The number of piperazine rings is 1. The second-order valence-electron chi connectivity index (χ2n) is 9.53. The summed E-state index contributed by atoms with van der Waals surface area (Å²) in [6.07, 6.45) is 1.91. The Morgan fingerprint density at radius 3 is 2.50 bits per heavy atom. The molecular formula is C29H34N6O. The summed E-state index contributed by atoms with van der Waals surface area (Å²) in [6, 6.07) is 23.1. The van der Waals surface area contributed by atoms with Crippen LogP contribution in [0.5, 0.6) is 0 Å². The van der Waals surface area contributed by atoms with E-state index < -0.39 is 0 Å². The van der Waals surface area contributed by atoms with Gasteiger partial charge in [-0.05, 0) is 47.5 Å². The van der Waals surface area contributed by atoms with Gasteiger partial charge in [-0.3, -0.25) is 9.48 Å². The van der Waals surface area contributed by atoms with Crippen molar-refractivity contribution in [2.24, 2.45) is 5.73 Å². The van der Waals surface area contributed by atoms with Gasteiger partial charge in [0, 0.05) is 56.8 Å². The van der Waals surface area contributed by atoms with Crippen molar-refractivity contribution in [1.29, 1.82) is 0 Å². The fraction of sp³-hybridized carbons (Fsp3) is 0.310. The Hall–Kier alpha value is -3.52. The number of aromatic nitrogens is 2. The lowest BCUT2D eigenvalue weighted by Crippen LogP contribution is -2.47. The van der Waals surface area contributed by atoms with E-state index in [1.54, 1.807) is 0 Å². The Bertz CT molecular complexity index is 1320. The average molecular weight is 483 g/mol. The van der Waals surface area contributed by atoms with Gasteiger partial charge in [0.2, 0.25) is 0 Å². The zero-order chi connectivity index (χ0) is 24.9. The fourth-order valence-electron chi connectivity index (χ4n) is 4.69. The van der Waals surface area contributed by atoms with Gasteiger partial charge >= 0.3 is 0 Å². The monoisotopic (exact) mass is 482 g/mol. The number of benzene rings is 3. The maximum absolute atomic E-state index is 13.0. The molecule has 7 heteroatoms. The van der Waals surface area contributed by atoms with Crippen LogP contribution in [0, 0.1) is 0 Å². The van der Waals surface area contributed by atoms with Gasteiger partial charge in [0.15, 0.2) is 0 Å². The number of nitrogens with two attached hydrogens (primary N) is 1. The number of likely N-dealkylation sites (N-methyl/N-ethyl adjacent to an activating group) is 1. The second kappa shape index (κ2) is 11.0. The van der Waals surface area contributed by atoms with Crippen molar-refractivity contribution in [3.05, 3.63) is 89.6 Å². The molecule has 3 N–H and O–H groups in total. The molecular weight excluding hydrogens is 448 g/mol. The summed E-state index contributed by atoms with van der Waals surface area (Å²) in [5.74, 6) is 0.110. The molecule has 0 aliphatic carbocycles. The number of fused-ring (bicyclic) bond motifs is 1. The van der Waals surface area contributed by atoms with Crippen LogP contribution in [0.25, 0.3) is 22.0 Å². The number of hydrogen-bond donors (Lipinski definition) is 2. The number of carbonyl (C=O) groups is 1. The first kappa shape index (κ1) is 24.2. The predicted molar refractivity (Wildman–Crippen MR) is 145 cm³/mol. The van der Waals surface area contributed by atoms with Crippen molar-refractivity contribution in [3.8, 4) is 11.1 Å². The molecule has 0 radical (unpaired) electrons. The van der Waals surface area contributed by atoms with Crippen molar-refractivity contribution in [1.82, 2.24) is 24.9 Å². The van der Waals surface area contributed by atoms with Crippen molar-refractivity contribution < 1.29 is 4.79 Å². The maximum Gasteiger partial charge on any atom is 0.253 e. The number of amides is 1. The third-order valence-corrected chi connectivity index (χ3v) is 6.88. The van der Waals surface area contributed by atoms with Crippen LogP contribution in [0.1, 0.15) is 21.5 Å². The number of carbonyl (C=O) groups excluding carboxylic acids is 1. The fourth-order valence-corrected chi connectivity index (χ4v) is 4.69. The normalized spacial score (nSPS) is 14.4. The van der Waals surface area contributed by atoms with Crippen molar-refractivity contribution in [2.75, 3.05) is 46.3 Å². The summed E-state index contributed by atoms with van der Waals surface area (Å²) in [7, 11) is 2.10. The molecule has 1 saturated heterocycles. The lowest BCUT2D eigenvalue weighted by atomic mass is 10.0. The molecule has 1 fully saturated rings. The summed E-state index contributed by atoms with van der Waals surface area (Å²) < 4.78 is 2.02. The van der Waals surface area contributed by atoms with E-state index in [2.05, 4.69) is 70.9 Å². The van der Waals surface area contributed by atoms with Gasteiger partial charge in [0.05, 0.1) is 18.3 Å². The highest BCUT2D eigenvalue weighted by Gasteiger charge is 2.20. The molecule has 0 spiro atoms. The molecule has 1 aromatic heterocycles. The van der Waals surface area contributed by atoms with E-state index in [0.717, 1.165) is 66.9 Å². The molecule has 1 aliphatic rings. The highest BCUT2D eigenvalue weighted by molar-refractivity contribution is 5.94. The van der Waals surface area contributed by atoms with Gasteiger partial charge in [-0.25, -0.2) is 0 Å². The topological polar surface area (TPSA) is 79.4 Å². The Balaban J connectivity index is 1.33. The van der Waals surface area contributed by atoms with E-state index in [1.165, 1.54) is 11.1 Å². The van der Waals surface area contributed by atoms with Crippen molar-refractivity contribution >= 4 is 16.8 Å². The lowest BCUT2D eigenvalue weighted by molar-refractivity contribution is 0.0664. The second-order valence-corrected chi connectivity index (χ2v) is 9.53. The standard InChI is InChI=1S/C29H34N6O/c1-33-13-15-34(16-14-33)29(36)26-4-2-3-23(17-26)21-35-28-18-25(9-10-27(28)20-32-35)24-7-5-22(6-8-24)19-31-12-11-30/h2-10,17-18,20,31H,11-16,19,21,30H2,1H3. The number of rotatable bonds is 8. The lowest BCUT2D eigenvalue weighted by Gasteiger charge is -2.32. The smallest absolute Gasteiger partial charge is 0.253 e. The Morgan fingerprint density at radius 1 is 0.944 bits per heavy atom. The third-order valence-electron chi connectivity index (χ3n) is 6.88. The molecule has 1 aliphatic heterocycles. The minimum absolute atomic E-state index is 0.110. The molecule has 3 aromatic carbocycles. The average Bonchev–Trinajstić information content (AvgIpc) is 3.31. The van der Waals surface area contributed by atoms with E-state index in [0.29, 0.717) is 13.1 Å². The summed E-state index contributed by atoms with van der Waals surface area (Å²) in [5.41, 5.74) is 12.0. The molecule has 186 valence electrons. The highest BCUT2D eigenvalue weighted by Crippen LogP contribution is 2.25. The van der Waals surface area contributed by atoms with Crippen LogP contribution in [0.15, 0.2) is 72.9 Å². The van der Waals surface area contributed by atoms with Crippen molar-refractivity contribution in [2.45, 2.75) is 13.1 Å². The van der Waals surface area contributed by atoms with E-state index in [4.69, 9.17) is 5.73 Å². The van der Waals surface area contributed by atoms with Crippen molar-refractivity contribution in [3.63, 3.8) is 0 Å². The van der Waals surface area contributed by atoms with E-state index in [1.807, 2.05) is 34.0 Å². The first-order chi connectivity index (χ1) is 17.6. The van der Waals surface area contributed by atoms with Gasteiger partial charge in [0.1, 0.15) is 0 Å². The molecule has 7 nitrogen and oxygen atoms in total. The minimum Gasteiger partial charge on any atom is -0.336 e. The molecule has 36 heavy (non-hydrogen) atoms. The van der Waals surface area contributed by atoms with Crippen LogP contribution in [0.2, 0.25) is 0 Å². The van der Waals surface area contributed by atoms with Crippen LogP contribution in [0.4, 0.5) is 0 Å². The van der Waals surface area contributed by atoms with Gasteiger partial charge in [0.25, 0.3) is 5.91 Å². The SMILES string of the molecule is CN1CCN(C(=O)c2cccc(Cn3ncc4ccc(-c5ccc(CNCCN)cc5)cc43)c2)CC1. The molecule has 0 bridgehead atoms. The van der Waals surface area contributed by atoms with E-state index in [-0.39, 0.29) is 5.91 Å². The zero-order valence-electron chi connectivity index (χ0n) is 20.9. The largest absolute Gasteiger partial charge is 0.336 e. The minimum atomic E-state index is 0.110. The quantitative estimate of drug-likeness (QED) is 0.377. The number of hydrogen-bond acceptors (Lipinski definition) is 5. The van der Waals surface area contributed by atoms with Crippen LogP contribution >= 0.6 is 0 Å². The molecule has 2 heterocycles. The summed E-state index contributed by atoms with van der Waals surface area (Å²) in [5, 5.41) is 9.08. The van der Waals surface area contributed by atoms with E-state index >= 15 is 0 Å². The molecule has 1 amide bonds. The molecule has 5 rings (SSSR count). The number of nitrogens with zero attached hydrogens (tertiary/aromatic N) is 4. The number of nitrogens with one attached hydrogen (secondary N) is 1. The Kier molecular flexibility index (Phi) is 7.41. The van der Waals surface area contributed by atoms with Gasteiger partial charge < -0.3 is 20.9 Å². The Labute approximate surface area is 212 Å².